The van der Waals surface area contributed by atoms with Gasteiger partial charge in [-0.3, -0.25) is 0 Å². The maximum atomic E-state index is 6.20. The second-order valence-electron chi connectivity index (χ2n) is 6.51. The number of nitrogens with zero attached hydrogens (tertiary/aromatic N) is 3. The first-order chi connectivity index (χ1) is 12.2. The molecule has 1 fully saturated rings. The largest absolute Gasteiger partial charge is 0.350 e. The molecule has 1 aromatic carbocycles. The van der Waals surface area contributed by atoms with E-state index in [1.165, 1.54) is 17.5 Å². The van der Waals surface area contributed by atoms with E-state index in [0.717, 1.165) is 34.9 Å². The lowest BCUT2D eigenvalue weighted by Crippen LogP contribution is -2.42. The molecule has 2 atom stereocenters. The van der Waals surface area contributed by atoms with E-state index in [1.807, 2.05) is 25.1 Å². The van der Waals surface area contributed by atoms with Crippen molar-refractivity contribution in [2.24, 2.45) is 5.73 Å². The van der Waals surface area contributed by atoms with Crippen molar-refractivity contribution in [2.45, 2.75) is 44.7 Å². The van der Waals surface area contributed by atoms with Crippen LogP contribution in [0.1, 0.15) is 30.7 Å². The zero-order chi connectivity index (χ0) is 17.2. The molecule has 4 rings (SSSR count). The molecule has 0 aliphatic heterocycles. The van der Waals surface area contributed by atoms with E-state index in [9.17, 15) is 0 Å². The Morgan fingerprint density at radius 1 is 1.16 bits per heavy atom. The van der Waals surface area contributed by atoms with Gasteiger partial charge in [0.15, 0.2) is 0 Å². The van der Waals surface area contributed by atoms with Crippen molar-refractivity contribution in [1.82, 2.24) is 15.0 Å². The highest BCUT2D eigenvalue weighted by Crippen LogP contribution is 2.26. The van der Waals surface area contributed by atoms with E-state index in [0.29, 0.717) is 5.95 Å². The molecule has 130 valence electrons. The molecule has 2 aromatic heterocycles. The topological polar surface area (TPSA) is 88.8 Å². The van der Waals surface area contributed by atoms with Crippen LogP contribution >= 0.6 is 11.3 Å². The smallest absolute Gasteiger partial charge is 0.224 e. The molecule has 0 bridgehead atoms. The summed E-state index contributed by atoms with van der Waals surface area (Å²) in [5, 5.41) is 7.80. The molecular formula is C18H22N6S. The Kier molecular flexibility index (Phi) is 4.50. The fourth-order valence-corrected chi connectivity index (χ4v) is 4.08. The predicted octanol–water partition coefficient (Wildman–Crippen LogP) is 3.82. The van der Waals surface area contributed by atoms with E-state index >= 15 is 0 Å². The third-order valence-corrected chi connectivity index (χ3v) is 5.51. The summed E-state index contributed by atoms with van der Waals surface area (Å²) in [7, 11) is 0. The molecule has 0 saturated heterocycles. The van der Waals surface area contributed by atoms with Gasteiger partial charge < -0.3 is 16.4 Å². The standard InChI is InChI=1S/C18H22N6S/c1-11-21-15-10-12(6-7-16(15)25-11)22-17-8-9-20-18(24-17)23-14-5-3-2-4-13(14)19/h6-10,13-14H,2-5,19H2,1H3,(H2,20,22,23,24)/t13-,14+/m0/s1. The van der Waals surface area contributed by atoms with Crippen LogP contribution in [-0.2, 0) is 0 Å². The van der Waals surface area contributed by atoms with E-state index in [2.05, 4.69) is 31.7 Å². The summed E-state index contributed by atoms with van der Waals surface area (Å²) in [6, 6.07) is 8.46. The normalized spacial score (nSPS) is 20.6. The van der Waals surface area contributed by atoms with Crippen molar-refractivity contribution >= 4 is 39.0 Å². The van der Waals surface area contributed by atoms with E-state index in [4.69, 9.17) is 5.73 Å². The Balaban J connectivity index is 1.50. The molecule has 7 heteroatoms. The maximum Gasteiger partial charge on any atom is 0.224 e. The highest BCUT2D eigenvalue weighted by atomic mass is 32.1. The van der Waals surface area contributed by atoms with Crippen LogP contribution in [0.4, 0.5) is 17.5 Å². The van der Waals surface area contributed by atoms with Gasteiger partial charge in [-0.25, -0.2) is 9.97 Å². The van der Waals surface area contributed by atoms with Gasteiger partial charge in [0.25, 0.3) is 0 Å². The first-order valence-electron chi connectivity index (χ1n) is 8.67. The van der Waals surface area contributed by atoms with Crippen LogP contribution in [0.5, 0.6) is 0 Å². The van der Waals surface area contributed by atoms with Gasteiger partial charge in [0.1, 0.15) is 5.82 Å². The number of nitrogens with two attached hydrogens (primary N) is 1. The number of anilines is 3. The Bertz CT molecular complexity index is 877. The zero-order valence-corrected chi connectivity index (χ0v) is 15.0. The molecule has 6 nitrogen and oxygen atoms in total. The zero-order valence-electron chi connectivity index (χ0n) is 14.2. The third-order valence-electron chi connectivity index (χ3n) is 4.56. The van der Waals surface area contributed by atoms with Gasteiger partial charge in [0, 0.05) is 24.0 Å². The summed E-state index contributed by atoms with van der Waals surface area (Å²) in [4.78, 5) is 13.4. The predicted molar refractivity (Wildman–Crippen MR) is 104 cm³/mol. The average molecular weight is 354 g/mol. The third kappa shape index (κ3) is 3.72. The number of thiazole rings is 1. The highest BCUT2D eigenvalue weighted by Gasteiger charge is 2.22. The molecule has 0 spiro atoms. The fourth-order valence-electron chi connectivity index (χ4n) is 3.27. The van der Waals surface area contributed by atoms with Crippen LogP contribution in [0, 0.1) is 6.92 Å². The molecule has 3 aromatic rings. The van der Waals surface area contributed by atoms with Crippen molar-refractivity contribution in [3.05, 3.63) is 35.5 Å². The number of hydrogen-bond donors (Lipinski definition) is 3. The van der Waals surface area contributed by atoms with Crippen molar-refractivity contribution in [2.75, 3.05) is 10.6 Å². The monoisotopic (exact) mass is 354 g/mol. The Morgan fingerprint density at radius 2 is 2.04 bits per heavy atom. The highest BCUT2D eigenvalue weighted by molar-refractivity contribution is 7.18. The molecule has 1 aliphatic rings. The SMILES string of the molecule is Cc1nc2cc(Nc3ccnc(N[C@@H]4CCCC[C@@H]4N)n3)ccc2s1. The quantitative estimate of drug-likeness (QED) is 0.660. The van der Waals surface area contributed by atoms with E-state index in [1.54, 1.807) is 17.5 Å². The lowest BCUT2D eigenvalue weighted by molar-refractivity contribution is 0.402. The average Bonchev–Trinajstić information content (AvgIpc) is 2.97. The summed E-state index contributed by atoms with van der Waals surface area (Å²) in [5.41, 5.74) is 8.18. The van der Waals surface area contributed by atoms with Crippen LogP contribution in [0.2, 0.25) is 0 Å². The summed E-state index contributed by atoms with van der Waals surface area (Å²) in [6.07, 6.45) is 6.30. The Hall–Kier alpha value is -2.25. The van der Waals surface area contributed by atoms with Crippen LogP contribution in [0.15, 0.2) is 30.5 Å². The molecule has 4 N–H and O–H groups in total. The van der Waals surface area contributed by atoms with Crippen LogP contribution in [0.3, 0.4) is 0 Å². The van der Waals surface area contributed by atoms with Gasteiger partial charge in [-0.15, -0.1) is 11.3 Å². The van der Waals surface area contributed by atoms with Crippen LogP contribution in [0.25, 0.3) is 10.2 Å². The first kappa shape index (κ1) is 16.2. The first-order valence-corrected chi connectivity index (χ1v) is 9.48. The minimum atomic E-state index is 0.171. The fraction of sp³-hybridized carbons (Fsp3) is 0.389. The van der Waals surface area contributed by atoms with Crippen LogP contribution in [-0.4, -0.2) is 27.0 Å². The Morgan fingerprint density at radius 3 is 2.92 bits per heavy atom. The molecule has 0 radical (unpaired) electrons. The molecular weight excluding hydrogens is 332 g/mol. The maximum absolute atomic E-state index is 6.20. The van der Waals surface area contributed by atoms with Gasteiger partial charge in [-0.2, -0.15) is 4.98 Å². The van der Waals surface area contributed by atoms with Crippen molar-refractivity contribution in [3.8, 4) is 0 Å². The number of hydrogen-bond acceptors (Lipinski definition) is 7. The molecule has 1 aliphatic carbocycles. The minimum absolute atomic E-state index is 0.171. The lowest BCUT2D eigenvalue weighted by atomic mass is 9.91. The van der Waals surface area contributed by atoms with Crippen molar-refractivity contribution < 1.29 is 0 Å². The lowest BCUT2D eigenvalue weighted by Gasteiger charge is -2.29. The molecule has 0 unspecified atom stereocenters. The Labute approximate surface area is 150 Å². The van der Waals surface area contributed by atoms with Gasteiger partial charge in [0.05, 0.1) is 15.2 Å². The number of nitrogens with one attached hydrogen (secondary N) is 2. The minimum Gasteiger partial charge on any atom is -0.350 e. The molecule has 1 saturated carbocycles. The van der Waals surface area contributed by atoms with Gasteiger partial charge in [-0.05, 0) is 44.0 Å². The van der Waals surface area contributed by atoms with Crippen molar-refractivity contribution in [3.63, 3.8) is 0 Å². The molecule has 2 heterocycles. The van der Waals surface area contributed by atoms with Gasteiger partial charge >= 0.3 is 0 Å². The van der Waals surface area contributed by atoms with Crippen molar-refractivity contribution in [1.29, 1.82) is 0 Å². The number of aromatic nitrogens is 3. The number of rotatable bonds is 4. The number of fused-ring (bicyclic) bond motifs is 1. The summed E-state index contributed by atoms with van der Waals surface area (Å²) in [6.45, 7) is 2.02. The van der Waals surface area contributed by atoms with Gasteiger partial charge in [-0.1, -0.05) is 12.8 Å². The summed E-state index contributed by atoms with van der Waals surface area (Å²) < 4.78 is 1.19. The molecule has 0 amide bonds. The second-order valence-corrected chi connectivity index (χ2v) is 7.74. The number of aryl methyl sites for hydroxylation is 1. The molecule has 25 heavy (non-hydrogen) atoms. The summed E-state index contributed by atoms with van der Waals surface area (Å²) in [5.74, 6) is 1.38. The van der Waals surface area contributed by atoms with E-state index in [-0.39, 0.29) is 12.1 Å². The van der Waals surface area contributed by atoms with Crippen LogP contribution < -0.4 is 16.4 Å². The second kappa shape index (κ2) is 6.93. The number of benzene rings is 1. The van der Waals surface area contributed by atoms with E-state index < -0.39 is 0 Å². The summed E-state index contributed by atoms with van der Waals surface area (Å²) >= 11 is 1.70. The van der Waals surface area contributed by atoms with Gasteiger partial charge in [0.2, 0.25) is 5.95 Å².